The first-order chi connectivity index (χ1) is 14.1. The standard InChI is InChI=1S/C20H19ClN6O2/c21-15-5-8-18(17(12-15)20(29)26-9-1-2-10-26)23-19(28)11-14-3-6-16(7-4-14)27-13-22-24-25-27/h3-8,12-13H,1-2,9-11H2,(H,23,28). The average molecular weight is 411 g/mol. The van der Waals surface area contributed by atoms with Crippen molar-refractivity contribution in [3.05, 3.63) is 64.9 Å². The van der Waals surface area contributed by atoms with Crippen molar-refractivity contribution in [1.82, 2.24) is 25.1 Å². The largest absolute Gasteiger partial charge is 0.339 e. The van der Waals surface area contributed by atoms with Gasteiger partial charge in [-0.1, -0.05) is 23.7 Å². The van der Waals surface area contributed by atoms with Gasteiger partial charge in [0.15, 0.2) is 0 Å². The molecule has 29 heavy (non-hydrogen) atoms. The third-order valence-corrected chi connectivity index (χ3v) is 5.03. The predicted molar refractivity (Wildman–Crippen MR) is 108 cm³/mol. The first-order valence-corrected chi connectivity index (χ1v) is 9.69. The fraction of sp³-hybridized carbons (Fsp3) is 0.250. The molecule has 0 atom stereocenters. The fourth-order valence-corrected chi connectivity index (χ4v) is 3.49. The summed E-state index contributed by atoms with van der Waals surface area (Å²) in [5.74, 6) is -0.316. The highest BCUT2D eigenvalue weighted by Gasteiger charge is 2.23. The van der Waals surface area contributed by atoms with Gasteiger partial charge in [0.25, 0.3) is 5.91 Å². The summed E-state index contributed by atoms with van der Waals surface area (Å²) < 4.78 is 1.54. The second-order valence-electron chi connectivity index (χ2n) is 6.84. The number of carbonyl (C=O) groups excluding carboxylic acids is 2. The summed E-state index contributed by atoms with van der Waals surface area (Å²) in [5, 5.41) is 14.3. The minimum Gasteiger partial charge on any atom is -0.339 e. The highest BCUT2D eigenvalue weighted by atomic mass is 35.5. The smallest absolute Gasteiger partial charge is 0.256 e. The molecule has 0 radical (unpaired) electrons. The SMILES string of the molecule is O=C(Cc1ccc(-n2cnnn2)cc1)Nc1ccc(Cl)cc1C(=O)N1CCCC1. The van der Waals surface area contributed by atoms with Crippen molar-refractivity contribution in [2.45, 2.75) is 19.3 Å². The Morgan fingerprint density at radius 2 is 1.83 bits per heavy atom. The number of tetrazole rings is 1. The van der Waals surface area contributed by atoms with Gasteiger partial charge in [0.2, 0.25) is 5.91 Å². The molecule has 2 aromatic carbocycles. The Hall–Kier alpha value is -3.26. The average Bonchev–Trinajstić information content (AvgIpc) is 3.43. The van der Waals surface area contributed by atoms with Crippen molar-refractivity contribution in [1.29, 1.82) is 0 Å². The van der Waals surface area contributed by atoms with Crippen LogP contribution < -0.4 is 5.32 Å². The van der Waals surface area contributed by atoms with Gasteiger partial charge in [-0.3, -0.25) is 9.59 Å². The van der Waals surface area contributed by atoms with E-state index in [0.29, 0.717) is 16.3 Å². The van der Waals surface area contributed by atoms with Crippen LogP contribution in [0.1, 0.15) is 28.8 Å². The Balaban J connectivity index is 1.46. The van der Waals surface area contributed by atoms with Crippen LogP contribution in [0.4, 0.5) is 5.69 Å². The van der Waals surface area contributed by atoms with Crippen LogP contribution in [0.15, 0.2) is 48.8 Å². The van der Waals surface area contributed by atoms with E-state index in [1.54, 1.807) is 23.1 Å². The molecule has 2 amide bonds. The molecule has 1 aliphatic heterocycles. The molecule has 148 valence electrons. The zero-order valence-corrected chi connectivity index (χ0v) is 16.3. The van der Waals surface area contributed by atoms with Gasteiger partial charge in [0.05, 0.1) is 23.4 Å². The van der Waals surface area contributed by atoms with Crippen LogP contribution in [-0.4, -0.2) is 50.0 Å². The number of rotatable bonds is 5. The number of aromatic nitrogens is 4. The van der Waals surface area contributed by atoms with E-state index in [-0.39, 0.29) is 18.2 Å². The van der Waals surface area contributed by atoms with Gasteiger partial charge in [-0.25, -0.2) is 4.68 Å². The normalized spacial score (nSPS) is 13.5. The Kier molecular flexibility index (Phi) is 5.53. The minimum absolute atomic E-state index is 0.105. The molecule has 8 nitrogen and oxygen atoms in total. The molecule has 1 saturated heterocycles. The van der Waals surface area contributed by atoms with E-state index in [0.717, 1.165) is 37.2 Å². The Morgan fingerprint density at radius 1 is 1.07 bits per heavy atom. The van der Waals surface area contributed by atoms with E-state index in [1.165, 1.54) is 11.0 Å². The summed E-state index contributed by atoms with van der Waals surface area (Å²) in [6, 6.07) is 12.3. The Bertz CT molecular complexity index is 1010. The third kappa shape index (κ3) is 4.43. The molecule has 1 fully saturated rings. The summed E-state index contributed by atoms with van der Waals surface area (Å²) >= 11 is 6.09. The zero-order valence-electron chi connectivity index (χ0n) is 15.6. The van der Waals surface area contributed by atoms with Gasteiger partial charge >= 0.3 is 0 Å². The van der Waals surface area contributed by atoms with Gasteiger partial charge in [-0.15, -0.1) is 5.10 Å². The lowest BCUT2D eigenvalue weighted by Gasteiger charge is -2.18. The number of hydrogen-bond acceptors (Lipinski definition) is 5. The van der Waals surface area contributed by atoms with Crippen molar-refractivity contribution in [2.75, 3.05) is 18.4 Å². The molecule has 2 heterocycles. The van der Waals surface area contributed by atoms with E-state index >= 15 is 0 Å². The quantitative estimate of drug-likeness (QED) is 0.698. The van der Waals surface area contributed by atoms with E-state index in [9.17, 15) is 9.59 Å². The fourth-order valence-electron chi connectivity index (χ4n) is 3.32. The first-order valence-electron chi connectivity index (χ1n) is 9.31. The number of anilines is 1. The van der Waals surface area contributed by atoms with E-state index in [2.05, 4.69) is 20.8 Å². The van der Waals surface area contributed by atoms with Crippen LogP contribution in [0.25, 0.3) is 5.69 Å². The lowest BCUT2D eigenvalue weighted by atomic mass is 10.1. The van der Waals surface area contributed by atoms with Crippen LogP contribution in [0.3, 0.4) is 0 Å². The molecule has 0 bridgehead atoms. The van der Waals surface area contributed by atoms with Gasteiger partial charge < -0.3 is 10.2 Å². The molecule has 1 N–H and O–H groups in total. The molecule has 0 spiro atoms. The number of nitrogens with zero attached hydrogens (tertiary/aromatic N) is 5. The topological polar surface area (TPSA) is 93.0 Å². The van der Waals surface area contributed by atoms with Crippen LogP contribution in [0.2, 0.25) is 5.02 Å². The molecule has 0 saturated carbocycles. The number of nitrogens with one attached hydrogen (secondary N) is 1. The Labute approximate surface area is 172 Å². The minimum atomic E-state index is -0.210. The number of benzene rings is 2. The number of hydrogen-bond donors (Lipinski definition) is 1. The van der Waals surface area contributed by atoms with Crippen molar-refractivity contribution in [3.63, 3.8) is 0 Å². The van der Waals surface area contributed by atoms with E-state index < -0.39 is 0 Å². The van der Waals surface area contributed by atoms with Gasteiger partial charge in [-0.05, 0) is 59.2 Å². The lowest BCUT2D eigenvalue weighted by Crippen LogP contribution is -2.29. The second kappa shape index (κ2) is 8.40. The van der Waals surface area contributed by atoms with Gasteiger partial charge in [-0.2, -0.15) is 0 Å². The Morgan fingerprint density at radius 3 is 2.52 bits per heavy atom. The van der Waals surface area contributed by atoms with Crippen molar-refractivity contribution >= 4 is 29.1 Å². The van der Waals surface area contributed by atoms with Gasteiger partial charge in [0, 0.05) is 18.1 Å². The number of likely N-dealkylation sites (tertiary alicyclic amines) is 1. The molecule has 3 aromatic rings. The first kappa shape index (κ1) is 19.1. The monoisotopic (exact) mass is 410 g/mol. The summed E-state index contributed by atoms with van der Waals surface area (Å²) in [5.41, 5.74) is 2.53. The van der Waals surface area contributed by atoms with Crippen LogP contribution in [-0.2, 0) is 11.2 Å². The summed E-state index contributed by atoms with van der Waals surface area (Å²) in [4.78, 5) is 27.2. The second-order valence-corrected chi connectivity index (χ2v) is 7.27. The predicted octanol–water partition coefficient (Wildman–Crippen LogP) is 2.73. The van der Waals surface area contributed by atoms with E-state index in [4.69, 9.17) is 11.6 Å². The van der Waals surface area contributed by atoms with E-state index in [1.807, 2.05) is 24.3 Å². The molecule has 1 aromatic heterocycles. The lowest BCUT2D eigenvalue weighted by molar-refractivity contribution is -0.115. The molecule has 4 rings (SSSR count). The van der Waals surface area contributed by atoms with Crippen LogP contribution >= 0.6 is 11.6 Å². The van der Waals surface area contributed by atoms with Crippen LogP contribution in [0.5, 0.6) is 0 Å². The number of carbonyl (C=O) groups is 2. The summed E-state index contributed by atoms with van der Waals surface area (Å²) in [6.07, 6.45) is 3.67. The maximum Gasteiger partial charge on any atom is 0.256 e. The number of amides is 2. The van der Waals surface area contributed by atoms with Crippen molar-refractivity contribution < 1.29 is 9.59 Å². The summed E-state index contributed by atoms with van der Waals surface area (Å²) in [6.45, 7) is 1.46. The third-order valence-electron chi connectivity index (χ3n) is 4.79. The van der Waals surface area contributed by atoms with Crippen molar-refractivity contribution in [3.8, 4) is 5.69 Å². The van der Waals surface area contributed by atoms with Gasteiger partial charge in [0.1, 0.15) is 6.33 Å². The summed E-state index contributed by atoms with van der Waals surface area (Å²) in [7, 11) is 0. The maximum atomic E-state index is 12.8. The molecular weight excluding hydrogens is 392 g/mol. The molecule has 9 heteroatoms. The number of halogens is 1. The molecular formula is C20H19ClN6O2. The maximum absolute atomic E-state index is 12.8. The van der Waals surface area contributed by atoms with Crippen molar-refractivity contribution in [2.24, 2.45) is 0 Å². The van der Waals surface area contributed by atoms with Crippen LogP contribution in [0, 0.1) is 0 Å². The molecule has 1 aliphatic rings. The molecule has 0 unspecified atom stereocenters. The highest BCUT2D eigenvalue weighted by molar-refractivity contribution is 6.31. The zero-order chi connectivity index (χ0) is 20.2. The molecule has 0 aliphatic carbocycles. The highest BCUT2D eigenvalue weighted by Crippen LogP contribution is 2.24.